The van der Waals surface area contributed by atoms with Gasteiger partial charge in [0.25, 0.3) is 0 Å². The molecule has 0 fully saturated rings. The van der Waals surface area contributed by atoms with E-state index in [0.29, 0.717) is 0 Å². The summed E-state index contributed by atoms with van der Waals surface area (Å²) in [6.07, 6.45) is 0.952. The van der Waals surface area contributed by atoms with Gasteiger partial charge in [-0.1, -0.05) is 19.1 Å². The zero-order valence-electron chi connectivity index (χ0n) is 8.59. The molecule has 0 atom stereocenters. The monoisotopic (exact) mass is 189 g/mol. The Hall–Kier alpha value is -1.35. The van der Waals surface area contributed by atoms with Crippen molar-refractivity contribution in [1.82, 2.24) is 15.3 Å². The number of nitrogens with one attached hydrogen (secondary N) is 2. The summed E-state index contributed by atoms with van der Waals surface area (Å²) >= 11 is 0. The van der Waals surface area contributed by atoms with Gasteiger partial charge in [0.1, 0.15) is 5.82 Å². The van der Waals surface area contributed by atoms with Gasteiger partial charge in [-0.15, -0.1) is 0 Å². The Kier molecular flexibility index (Phi) is 2.50. The normalized spacial score (nSPS) is 11.0. The molecule has 0 saturated heterocycles. The third-order valence-corrected chi connectivity index (χ3v) is 2.35. The number of hydrogen-bond donors (Lipinski definition) is 2. The first-order valence-electron chi connectivity index (χ1n) is 4.96. The Labute approximate surface area is 83.6 Å². The van der Waals surface area contributed by atoms with Crippen molar-refractivity contribution in [2.75, 3.05) is 7.05 Å². The van der Waals surface area contributed by atoms with Crippen molar-refractivity contribution in [3.8, 4) is 0 Å². The molecule has 2 rings (SSSR count). The molecule has 0 bridgehead atoms. The van der Waals surface area contributed by atoms with Crippen molar-refractivity contribution in [2.24, 2.45) is 0 Å². The first-order chi connectivity index (χ1) is 6.85. The van der Waals surface area contributed by atoms with Gasteiger partial charge < -0.3 is 10.3 Å². The standard InChI is InChI=1S/C11H15N3/c1-3-10-13-9-6-4-5-8(7-12-2)11(9)14-10/h4-6,12H,3,7H2,1-2H3,(H,13,14). The predicted octanol–water partition coefficient (Wildman–Crippen LogP) is 1.84. The van der Waals surface area contributed by atoms with Crippen molar-refractivity contribution in [3.05, 3.63) is 29.6 Å². The molecule has 1 aromatic carbocycles. The largest absolute Gasteiger partial charge is 0.342 e. The summed E-state index contributed by atoms with van der Waals surface area (Å²) in [5, 5.41) is 3.15. The summed E-state index contributed by atoms with van der Waals surface area (Å²) in [7, 11) is 1.95. The van der Waals surface area contributed by atoms with E-state index in [-0.39, 0.29) is 0 Å². The SMILES string of the molecule is CCc1nc2c(CNC)cccc2[nH]1. The second-order valence-corrected chi connectivity index (χ2v) is 3.38. The number of rotatable bonds is 3. The van der Waals surface area contributed by atoms with Crippen molar-refractivity contribution >= 4 is 11.0 Å². The zero-order chi connectivity index (χ0) is 9.97. The lowest BCUT2D eigenvalue weighted by Crippen LogP contribution is -2.05. The van der Waals surface area contributed by atoms with Gasteiger partial charge in [-0.05, 0) is 18.7 Å². The minimum Gasteiger partial charge on any atom is -0.342 e. The molecule has 2 aromatic rings. The lowest BCUT2D eigenvalue weighted by atomic mass is 10.2. The zero-order valence-corrected chi connectivity index (χ0v) is 8.59. The second-order valence-electron chi connectivity index (χ2n) is 3.38. The average molecular weight is 189 g/mol. The van der Waals surface area contributed by atoms with Crippen molar-refractivity contribution in [3.63, 3.8) is 0 Å². The summed E-state index contributed by atoms with van der Waals surface area (Å²) in [4.78, 5) is 7.86. The van der Waals surface area contributed by atoms with Gasteiger partial charge in [0, 0.05) is 13.0 Å². The van der Waals surface area contributed by atoms with Gasteiger partial charge in [-0.25, -0.2) is 4.98 Å². The maximum atomic E-state index is 4.55. The average Bonchev–Trinajstić information content (AvgIpc) is 2.62. The molecule has 0 radical (unpaired) electrons. The van der Waals surface area contributed by atoms with Crippen LogP contribution in [-0.4, -0.2) is 17.0 Å². The number of hydrogen-bond acceptors (Lipinski definition) is 2. The second kappa shape index (κ2) is 3.80. The molecule has 0 spiro atoms. The number of H-pyrrole nitrogens is 1. The maximum Gasteiger partial charge on any atom is 0.106 e. The third kappa shape index (κ3) is 1.51. The van der Waals surface area contributed by atoms with Gasteiger partial charge >= 0.3 is 0 Å². The van der Waals surface area contributed by atoms with Gasteiger partial charge in [-0.2, -0.15) is 0 Å². The molecule has 3 heteroatoms. The molecule has 1 aromatic heterocycles. The number of aromatic amines is 1. The Morgan fingerprint density at radius 2 is 2.29 bits per heavy atom. The molecule has 74 valence electrons. The number of aryl methyl sites for hydroxylation is 1. The fourth-order valence-corrected chi connectivity index (χ4v) is 1.64. The maximum absolute atomic E-state index is 4.55. The van der Waals surface area contributed by atoms with Gasteiger partial charge in [0.15, 0.2) is 0 Å². The molecule has 0 saturated carbocycles. The first kappa shape index (κ1) is 9.21. The van der Waals surface area contributed by atoms with Crippen LogP contribution in [0.4, 0.5) is 0 Å². The van der Waals surface area contributed by atoms with Crippen LogP contribution >= 0.6 is 0 Å². The number of benzene rings is 1. The van der Waals surface area contributed by atoms with Crippen LogP contribution in [0.5, 0.6) is 0 Å². The third-order valence-electron chi connectivity index (χ3n) is 2.35. The van der Waals surface area contributed by atoms with E-state index < -0.39 is 0 Å². The van der Waals surface area contributed by atoms with E-state index in [4.69, 9.17) is 0 Å². The van der Waals surface area contributed by atoms with Crippen LogP contribution in [0.2, 0.25) is 0 Å². The summed E-state index contributed by atoms with van der Waals surface area (Å²) in [6, 6.07) is 6.24. The molecule has 0 aliphatic heterocycles. The molecular formula is C11H15N3. The van der Waals surface area contributed by atoms with E-state index in [1.54, 1.807) is 0 Å². The fraction of sp³-hybridized carbons (Fsp3) is 0.364. The van der Waals surface area contributed by atoms with Crippen LogP contribution in [0.25, 0.3) is 11.0 Å². The quantitative estimate of drug-likeness (QED) is 0.773. The topological polar surface area (TPSA) is 40.7 Å². The van der Waals surface area contributed by atoms with Crippen LogP contribution in [0, 0.1) is 0 Å². The highest BCUT2D eigenvalue weighted by Gasteiger charge is 2.04. The molecule has 2 N–H and O–H groups in total. The summed E-state index contributed by atoms with van der Waals surface area (Å²) in [5.74, 6) is 1.06. The van der Waals surface area contributed by atoms with E-state index in [0.717, 1.165) is 29.8 Å². The minimum atomic E-state index is 0.866. The van der Waals surface area contributed by atoms with Gasteiger partial charge in [0.2, 0.25) is 0 Å². The van der Waals surface area contributed by atoms with Crippen LogP contribution in [0.1, 0.15) is 18.3 Å². The highest BCUT2D eigenvalue weighted by molar-refractivity contribution is 5.78. The van der Waals surface area contributed by atoms with Crippen LogP contribution in [0.15, 0.2) is 18.2 Å². The van der Waals surface area contributed by atoms with Crippen LogP contribution < -0.4 is 5.32 Å². The van der Waals surface area contributed by atoms with Gasteiger partial charge in [-0.3, -0.25) is 0 Å². The Bertz CT molecular complexity index is 431. The van der Waals surface area contributed by atoms with E-state index in [2.05, 4.69) is 40.4 Å². The van der Waals surface area contributed by atoms with E-state index >= 15 is 0 Å². The molecule has 0 unspecified atom stereocenters. The van der Waals surface area contributed by atoms with Gasteiger partial charge in [0.05, 0.1) is 11.0 Å². The molecule has 1 heterocycles. The van der Waals surface area contributed by atoms with E-state index in [9.17, 15) is 0 Å². The Balaban J connectivity index is 2.55. The van der Waals surface area contributed by atoms with Crippen molar-refractivity contribution < 1.29 is 0 Å². The number of imidazole rings is 1. The minimum absolute atomic E-state index is 0.866. The number of para-hydroxylation sites is 1. The summed E-state index contributed by atoms with van der Waals surface area (Å²) in [5.41, 5.74) is 3.48. The first-order valence-corrected chi connectivity index (χ1v) is 4.96. The predicted molar refractivity (Wildman–Crippen MR) is 58.2 cm³/mol. The molecule has 0 aliphatic carbocycles. The summed E-state index contributed by atoms with van der Waals surface area (Å²) < 4.78 is 0. The van der Waals surface area contributed by atoms with Crippen molar-refractivity contribution in [2.45, 2.75) is 19.9 Å². The number of fused-ring (bicyclic) bond motifs is 1. The number of aromatic nitrogens is 2. The van der Waals surface area contributed by atoms with Crippen molar-refractivity contribution in [1.29, 1.82) is 0 Å². The number of nitrogens with zero attached hydrogens (tertiary/aromatic N) is 1. The fourth-order valence-electron chi connectivity index (χ4n) is 1.64. The summed E-state index contributed by atoms with van der Waals surface area (Å²) in [6.45, 7) is 2.97. The van der Waals surface area contributed by atoms with E-state index in [1.807, 2.05) is 7.05 Å². The lowest BCUT2D eigenvalue weighted by molar-refractivity contribution is 0.821. The molecular weight excluding hydrogens is 174 g/mol. The lowest BCUT2D eigenvalue weighted by Gasteiger charge is -1.99. The molecule has 0 aliphatic rings. The smallest absolute Gasteiger partial charge is 0.106 e. The molecule has 14 heavy (non-hydrogen) atoms. The molecule has 3 nitrogen and oxygen atoms in total. The Morgan fingerprint density at radius 1 is 1.43 bits per heavy atom. The highest BCUT2D eigenvalue weighted by Crippen LogP contribution is 2.16. The molecule has 0 amide bonds. The Morgan fingerprint density at radius 3 is 3.00 bits per heavy atom. The highest BCUT2D eigenvalue weighted by atomic mass is 14.9. The van der Waals surface area contributed by atoms with E-state index in [1.165, 1.54) is 5.56 Å². The van der Waals surface area contributed by atoms with Crippen LogP contribution in [0.3, 0.4) is 0 Å². The van der Waals surface area contributed by atoms with Crippen LogP contribution in [-0.2, 0) is 13.0 Å².